The SMILES string of the molecule is CCOC(=O)C(=N)[C@H](NC(=O)OC(C)(C)C)C1CC1. The van der Waals surface area contributed by atoms with Crippen molar-refractivity contribution in [3.63, 3.8) is 0 Å². The van der Waals surface area contributed by atoms with E-state index in [1.165, 1.54) is 0 Å². The quantitative estimate of drug-likeness (QED) is 0.589. The van der Waals surface area contributed by atoms with Gasteiger partial charge in [0.05, 0.1) is 12.6 Å². The molecule has 6 heteroatoms. The van der Waals surface area contributed by atoms with Crippen LogP contribution in [-0.4, -0.2) is 36.0 Å². The summed E-state index contributed by atoms with van der Waals surface area (Å²) in [5.41, 5.74) is -0.820. The maximum atomic E-state index is 11.7. The highest BCUT2D eigenvalue weighted by molar-refractivity contribution is 6.37. The summed E-state index contributed by atoms with van der Waals surface area (Å²) in [4.78, 5) is 23.2. The second-order valence-corrected chi connectivity index (χ2v) is 5.60. The van der Waals surface area contributed by atoms with Crippen molar-refractivity contribution in [2.24, 2.45) is 5.92 Å². The van der Waals surface area contributed by atoms with Crippen LogP contribution in [0.2, 0.25) is 0 Å². The highest BCUT2D eigenvalue weighted by Gasteiger charge is 2.39. The first-order valence-electron chi connectivity index (χ1n) is 6.49. The molecule has 2 N–H and O–H groups in total. The van der Waals surface area contributed by atoms with Crippen LogP contribution < -0.4 is 5.32 Å². The highest BCUT2D eigenvalue weighted by Crippen LogP contribution is 2.33. The van der Waals surface area contributed by atoms with Gasteiger partial charge in [0.25, 0.3) is 0 Å². The Morgan fingerprint density at radius 1 is 1.37 bits per heavy atom. The van der Waals surface area contributed by atoms with Gasteiger partial charge in [0.2, 0.25) is 0 Å². The van der Waals surface area contributed by atoms with Gasteiger partial charge in [0.1, 0.15) is 11.3 Å². The van der Waals surface area contributed by atoms with Gasteiger partial charge in [-0.2, -0.15) is 0 Å². The summed E-state index contributed by atoms with van der Waals surface area (Å²) in [6.45, 7) is 7.17. The average molecular weight is 270 g/mol. The molecular weight excluding hydrogens is 248 g/mol. The first kappa shape index (κ1) is 15.5. The molecule has 0 aromatic rings. The Morgan fingerprint density at radius 2 is 1.95 bits per heavy atom. The van der Waals surface area contributed by atoms with Gasteiger partial charge in [0, 0.05) is 0 Å². The molecule has 6 nitrogen and oxygen atoms in total. The number of alkyl carbamates (subject to hydrolysis) is 1. The van der Waals surface area contributed by atoms with Crippen molar-refractivity contribution in [1.29, 1.82) is 5.41 Å². The number of nitrogens with one attached hydrogen (secondary N) is 2. The number of hydrogen-bond donors (Lipinski definition) is 2. The molecule has 1 fully saturated rings. The molecule has 1 aliphatic rings. The van der Waals surface area contributed by atoms with E-state index in [2.05, 4.69) is 5.32 Å². The lowest BCUT2D eigenvalue weighted by molar-refractivity contribution is -0.135. The minimum absolute atomic E-state index is 0.129. The van der Waals surface area contributed by atoms with Crippen molar-refractivity contribution in [3.05, 3.63) is 0 Å². The van der Waals surface area contributed by atoms with Gasteiger partial charge in [-0.3, -0.25) is 5.41 Å². The lowest BCUT2D eigenvalue weighted by atomic mass is 10.1. The summed E-state index contributed by atoms with van der Waals surface area (Å²) in [6.07, 6.45) is 1.17. The molecule has 0 aliphatic heterocycles. The Kier molecular flexibility index (Phi) is 4.91. The van der Waals surface area contributed by atoms with E-state index in [9.17, 15) is 9.59 Å². The zero-order chi connectivity index (χ0) is 14.6. The monoisotopic (exact) mass is 270 g/mol. The molecule has 1 rings (SSSR count). The largest absolute Gasteiger partial charge is 0.461 e. The molecule has 0 radical (unpaired) electrons. The van der Waals surface area contributed by atoms with Crippen LogP contribution >= 0.6 is 0 Å². The molecule has 19 heavy (non-hydrogen) atoms. The molecule has 1 saturated carbocycles. The molecule has 0 bridgehead atoms. The van der Waals surface area contributed by atoms with Crippen LogP contribution in [0.5, 0.6) is 0 Å². The maximum Gasteiger partial charge on any atom is 0.408 e. The number of ether oxygens (including phenoxy) is 2. The Morgan fingerprint density at radius 3 is 2.37 bits per heavy atom. The van der Waals surface area contributed by atoms with Crippen molar-refractivity contribution in [1.82, 2.24) is 5.32 Å². The van der Waals surface area contributed by atoms with Crippen LogP contribution in [0.1, 0.15) is 40.5 Å². The Hall–Kier alpha value is -1.59. The number of rotatable bonds is 5. The number of carbonyl (C=O) groups excluding carboxylic acids is 2. The fourth-order valence-electron chi connectivity index (χ4n) is 1.63. The van der Waals surface area contributed by atoms with Crippen LogP contribution in [0.4, 0.5) is 4.79 Å². The highest BCUT2D eigenvalue weighted by atomic mass is 16.6. The fraction of sp³-hybridized carbons (Fsp3) is 0.769. The summed E-state index contributed by atoms with van der Waals surface area (Å²) in [7, 11) is 0. The second-order valence-electron chi connectivity index (χ2n) is 5.60. The van der Waals surface area contributed by atoms with Crippen molar-refractivity contribution in [3.8, 4) is 0 Å². The molecular formula is C13H22N2O4. The smallest absolute Gasteiger partial charge is 0.408 e. The fourth-order valence-corrected chi connectivity index (χ4v) is 1.63. The van der Waals surface area contributed by atoms with Crippen LogP contribution in [0.15, 0.2) is 0 Å². The first-order valence-corrected chi connectivity index (χ1v) is 6.49. The third kappa shape index (κ3) is 5.28. The van der Waals surface area contributed by atoms with E-state index in [1.807, 2.05) is 0 Å². The number of amides is 1. The average Bonchev–Trinajstić information content (AvgIpc) is 3.06. The number of esters is 1. The van der Waals surface area contributed by atoms with Gasteiger partial charge in [-0.25, -0.2) is 9.59 Å². The zero-order valence-electron chi connectivity index (χ0n) is 11.9. The summed E-state index contributed by atoms with van der Waals surface area (Å²) < 4.78 is 9.93. The summed E-state index contributed by atoms with van der Waals surface area (Å²) in [6, 6.07) is -0.617. The predicted octanol–water partition coefficient (Wildman–Crippen LogP) is 1.87. The van der Waals surface area contributed by atoms with Gasteiger partial charge in [0.15, 0.2) is 0 Å². The second kappa shape index (κ2) is 6.04. The Balaban J connectivity index is 2.61. The van der Waals surface area contributed by atoms with E-state index in [-0.39, 0.29) is 18.2 Å². The first-order chi connectivity index (χ1) is 8.74. The molecule has 0 aromatic carbocycles. The van der Waals surface area contributed by atoms with Crippen molar-refractivity contribution < 1.29 is 19.1 Å². The molecule has 0 heterocycles. The van der Waals surface area contributed by atoms with Gasteiger partial charge in [-0.1, -0.05) is 0 Å². The van der Waals surface area contributed by atoms with E-state index in [0.717, 1.165) is 12.8 Å². The van der Waals surface area contributed by atoms with E-state index in [1.54, 1.807) is 27.7 Å². The molecule has 1 atom stereocenters. The van der Waals surface area contributed by atoms with Crippen LogP contribution in [0.25, 0.3) is 0 Å². The van der Waals surface area contributed by atoms with Crippen LogP contribution in [0.3, 0.4) is 0 Å². The molecule has 108 valence electrons. The van der Waals surface area contributed by atoms with Crippen molar-refractivity contribution in [2.75, 3.05) is 6.61 Å². The lowest BCUT2D eigenvalue weighted by Gasteiger charge is -2.23. The Bertz CT molecular complexity index is 369. The summed E-state index contributed by atoms with van der Waals surface area (Å²) >= 11 is 0. The number of hydrogen-bond acceptors (Lipinski definition) is 5. The van der Waals surface area contributed by atoms with Crippen molar-refractivity contribution >= 4 is 17.8 Å². The van der Waals surface area contributed by atoms with Gasteiger partial charge in [-0.05, 0) is 46.5 Å². The van der Waals surface area contributed by atoms with Gasteiger partial charge >= 0.3 is 12.1 Å². The third-order valence-corrected chi connectivity index (χ3v) is 2.57. The minimum Gasteiger partial charge on any atom is -0.461 e. The van der Waals surface area contributed by atoms with E-state index in [4.69, 9.17) is 14.9 Å². The minimum atomic E-state index is -0.685. The third-order valence-electron chi connectivity index (χ3n) is 2.57. The van der Waals surface area contributed by atoms with Crippen LogP contribution in [-0.2, 0) is 14.3 Å². The molecule has 0 spiro atoms. The summed E-state index contributed by atoms with van der Waals surface area (Å²) in [5, 5.41) is 10.4. The van der Waals surface area contributed by atoms with Gasteiger partial charge < -0.3 is 14.8 Å². The van der Waals surface area contributed by atoms with E-state index in [0.29, 0.717) is 0 Å². The topological polar surface area (TPSA) is 88.5 Å². The molecule has 1 amide bonds. The zero-order valence-corrected chi connectivity index (χ0v) is 11.9. The number of carbonyl (C=O) groups is 2. The van der Waals surface area contributed by atoms with Crippen LogP contribution in [0, 0.1) is 11.3 Å². The Labute approximate surface area is 113 Å². The molecule has 1 aliphatic carbocycles. The molecule has 0 unspecified atom stereocenters. The lowest BCUT2D eigenvalue weighted by Crippen LogP contribution is -2.47. The maximum absolute atomic E-state index is 11.7. The van der Waals surface area contributed by atoms with Gasteiger partial charge in [-0.15, -0.1) is 0 Å². The normalized spacial score (nSPS) is 16.4. The molecule has 0 aromatic heterocycles. The van der Waals surface area contributed by atoms with Crippen molar-refractivity contribution in [2.45, 2.75) is 52.2 Å². The predicted molar refractivity (Wildman–Crippen MR) is 70.2 cm³/mol. The summed E-state index contributed by atoms with van der Waals surface area (Å²) in [5.74, 6) is -0.556. The molecule has 0 saturated heterocycles. The van der Waals surface area contributed by atoms with E-state index < -0.39 is 23.7 Å². The van der Waals surface area contributed by atoms with E-state index >= 15 is 0 Å². The standard InChI is InChI=1S/C13H22N2O4/c1-5-18-11(16)9(14)10(8-6-7-8)15-12(17)19-13(2,3)4/h8,10,14H,5-7H2,1-4H3,(H,15,17)/t10-/m1/s1.